The van der Waals surface area contributed by atoms with Gasteiger partial charge in [0.1, 0.15) is 12.0 Å². The molecule has 1 saturated heterocycles. The lowest BCUT2D eigenvalue weighted by molar-refractivity contribution is 0.0731. The van der Waals surface area contributed by atoms with Crippen LogP contribution in [0.3, 0.4) is 0 Å². The number of rotatable bonds is 3. The van der Waals surface area contributed by atoms with Gasteiger partial charge in [-0.05, 0) is 38.5 Å². The standard InChI is InChI=1S/C18H22N4O2/c1-13-4-3-5-17(21-13)18(23)22-6-7-24-11-15(10-22)9-16-8-14(2)19-12-20-16/h3-5,8,12,15H,6-7,9-11H2,1-2H3. The van der Waals surface area contributed by atoms with E-state index in [9.17, 15) is 4.79 Å². The Morgan fingerprint density at radius 1 is 1.29 bits per heavy atom. The number of amides is 1. The molecule has 1 amide bonds. The molecule has 0 bridgehead atoms. The van der Waals surface area contributed by atoms with E-state index in [-0.39, 0.29) is 11.8 Å². The highest BCUT2D eigenvalue weighted by atomic mass is 16.5. The van der Waals surface area contributed by atoms with Crippen LogP contribution in [-0.4, -0.2) is 52.1 Å². The molecule has 2 aromatic heterocycles. The molecule has 1 fully saturated rings. The van der Waals surface area contributed by atoms with Crippen LogP contribution in [0, 0.1) is 19.8 Å². The fourth-order valence-corrected chi connectivity index (χ4v) is 2.93. The first kappa shape index (κ1) is 16.5. The quantitative estimate of drug-likeness (QED) is 0.860. The van der Waals surface area contributed by atoms with E-state index in [0.717, 1.165) is 23.5 Å². The number of hydrogen-bond donors (Lipinski definition) is 0. The van der Waals surface area contributed by atoms with Crippen molar-refractivity contribution in [1.82, 2.24) is 19.9 Å². The Morgan fingerprint density at radius 2 is 2.17 bits per heavy atom. The second-order valence-corrected chi connectivity index (χ2v) is 6.21. The van der Waals surface area contributed by atoms with Crippen molar-refractivity contribution in [3.05, 3.63) is 53.4 Å². The van der Waals surface area contributed by atoms with Crippen LogP contribution in [0.2, 0.25) is 0 Å². The molecule has 6 nitrogen and oxygen atoms in total. The van der Waals surface area contributed by atoms with Crippen molar-refractivity contribution in [2.24, 2.45) is 5.92 Å². The minimum absolute atomic E-state index is 0.0342. The van der Waals surface area contributed by atoms with E-state index in [0.29, 0.717) is 32.0 Å². The summed E-state index contributed by atoms with van der Waals surface area (Å²) in [6.07, 6.45) is 2.36. The van der Waals surface area contributed by atoms with E-state index >= 15 is 0 Å². The molecule has 24 heavy (non-hydrogen) atoms. The molecule has 126 valence electrons. The number of carbonyl (C=O) groups excluding carboxylic acids is 1. The first-order valence-corrected chi connectivity index (χ1v) is 8.20. The number of hydrogen-bond acceptors (Lipinski definition) is 5. The fourth-order valence-electron chi connectivity index (χ4n) is 2.93. The van der Waals surface area contributed by atoms with Gasteiger partial charge in [0.05, 0.1) is 13.2 Å². The fraction of sp³-hybridized carbons (Fsp3) is 0.444. The third kappa shape index (κ3) is 4.14. The van der Waals surface area contributed by atoms with Crippen molar-refractivity contribution in [1.29, 1.82) is 0 Å². The predicted octanol–water partition coefficient (Wildman–Crippen LogP) is 1.82. The third-order valence-corrected chi connectivity index (χ3v) is 4.09. The molecular weight excluding hydrogens is 304 g/mol. The molecule has 0 spiro atoms. The Bertz CT molecular complexity index is 720. The molecule has 0 aliphatic carbocycles. The molecule has 1 atom stereocenters. The van der Waals surface area contributed by atoms with Crippen LogP contribution < -0.4 is 0 Å². The summed E-state index contributed by atoms with van der Waals surface area (Å²) in [6, 6.07) is 7.51. The third-order valence-electron chi connectivity index (χ3n) is 4.09. The first-order valence-electron chi connectivity index (χ1n) is 8.20. The molecule has 0 aromatic carbocycles. The molecular formula is C18H22N4O2. The van der Waals surface area contributed by atoms with E-state index in [1.807, 2.05) is 36.9 Å². The van der Waals surface area contributed by atoms with Gasteiger partial charge in [-0.15, -0.1) is 0 Å². The molecule has 6 heteroatoms. The van der Waals surface area contributed by atoms with E-state index in [1.54, 1.807) is 12.4 Å². The predicted molar refractivity (Wildman–Crippen MR) is 89.7 cm³/mol. The van der Waals surface area contributed by atoms with Gasteiger partial charge in [0.15, 0.2) is 0 Å². The molecule has 1 unspecified atom stereocenters. The van der Waals surface area contributed by atoms with E-state index in [1.165, 1.54) is 0 Å². The van der Waals surface area contributed by atoms with Gasteiger partial charge >= 0.3 is 0 Å². The minimum atomic E-state index is -0.0342. The van der Waals surface area contributed by atoms with Gasteiger partial charge in [-0.3, -0.25) is 4.79 Å². The van der Waals surface area contributed by atoms with E-state index in [4.69, 9.17) is 4.74 Å². The van der Waals surface area contributed by atoms with Gasteiger partial charge < -0.3 is 9.64 Å². The van der Waals surface area contributed by atoms with E-state index in [2.05, 4.69) is 15.0 Å². The number of aryl methyl sites for hydroxylation is 2. The lowest BCUT2D eigenvalue weighted by Gasteiger charge is -2.23. The molecule has 0 radical (unpaired) electrons. The maximum atomic E-state index is 12.7. The van der Waals surface area contributed by atoms with Gasteiger partial charge in [0, 0.05) is 36.1 Å². The zero-order valence-corrected chi connectivity index (χ0v) is 14.1. The normalized spacial score (nSPS) is 18.2. The Kier molecular flexibility index (Phi) is 5.15. The molecule has 3 rings (SSSR count). The summed E-state index contributed by atoms with van der Waals surface area (Å²) in [6.45, 7) is 6.27. The van der Waals surface area contributed by atoms with Crippen LogP contribution in [-0.2, 0) is 11.2 Å². The SMILES string of the molecule is Cc1cc(CC2COCCN(C(=O)c3cccc(C)n3)C2)ncn1. The molecule has 2 aromatic rings. The zero-order valence-electron chi connectivity index (χ0n) is 14.1. The lowest BCUT2D eigenvalue weighted by atomic mass is 10.0. The first-order chi connectivity index (χ1) is 11.6. The van der Waals surface area contributed by atoms with Crippen LogP contribution in [0.1, 0.15) is 27.6 Å². The highest BCUT2D eigenvalue weighted by Crippen LogP contribution is 2.15. The largest absolute Gasteiger partial charge is 0.379 e. The van der Waals surface area contributed by atoms with Gasteiger partial charge in [0.25, 0.3) is 5.91 Å². The zero-order chi connectivity index (χ0) is 16.9. The van der Waals surface area contributed by atoms with Gasteiger partial charge in [-0.2, -0.15) is 0 Å². The molecule has 0 N–H and O–H groups in total. The van der Waals surface area contributed by atoms with Crippen molar-refractivity contribution < 1.29 is 9.53 Å². The smallest absolute Gasteiger partial charge is 0.272 e. The number of nitrogens with zero attached hydrogens (tertiary/aromatic N) is 4. The maximum Gasteiger partial charge on any atom is 0.272 e. The topological polar surface area (TPSA) is 68.2 Å². The van der Waals surface area contributed by atoms with Crippen molar-refractivity contribution in [2.45, 2.75) is 20.3 Å². The van der Waals surface area contributed by atoms with Gasteiger partial charge in [-0.25, -0.2) is 15.0 Å². The summed E-state index contributed by atoms with van der Waals surface area (Å²) in [7, 11) is 0. The van der Waals surface area contributed by atoms with Gasteiger partial charge in [-0.1, -0.05) is 6.07 Å². The highest BCUT2D eigenvalue weighted by molar-refractivity contribution is 5.92. The van der Waals surface area contributed by atoms with Crippen LogP contribution in [0.4, 0.5) is 0 Å². The Balaban J connectivity index is 1.71. The molecule has 1 aliphatic heterocycles. The number of ether oxygens (including phenoxy) is 1. The van der Waals surface area contributed by atoms with Crippen LogP contribution in [0.25, 0.3) is 0 Å². The highest BCUT2D eigenvalue weighted by Gasteiger charge is 2.24. The monoisotopic (exact) mass is 326 g/mol. The molecule has 0 saturated carbocycles. The summed E-state index contributed by atoms with van der Waals surface area (Å²) in [4.78, 5) is 27.4. The average Bonchev–Trinajstić information content (AvgIpc) is 2.80. The van der Waals surface area contributed by atoms with Crippen LogP contribution in [0.15, 0.2) is 30.6 Å². The molecule has 1 aliphatic rings. The Morgan fingerprint density at radius 3 is 2.96 bits per heavy atom. The summed E-state index contributed by atoms with van der Waals surface area (Å²) in [5.41, 5.74) is 3.28. The second-order valence-electron chi connectivity index (χ2n) is 6.21. The van der Waals surface area contributed by atoms with Gasteiger partial charge in [0.2, 0.25) is 0 Å². The van der Waals surface area contributed by atoms with Crippen molar-refractivity contribution in [2.75, 3.05) is 26.3 Å². The number of pyridine rings is 1. The average molecular weight is 326 g/mol. The summed E-state index contributed by atoms with van der Waals surface area (Å²) in [5, 5.41) is 0. The number of aromatic nitrogens is 3. The lowest BCUT2D eigenvalue weighted by Crippen LogP contribution is -2.37. The van der Waals surface area contributed by atoms with Crippen LogP contribution >= 0.6 is 0 Å². The maximum absolute atomic E-state index is 12.7. The minimum Gasteiger partial charge on any atom is -0.379 e. The number of carbonyl (C=O) groups is 1. The van der Waals surface area contributed by atoms with E-state index < -0.39 is 0 Å². The van der Waals surface area contributed by atoms with Crippen molar-refractivity contribution in [3.63, 3.8) is 0 Å². The van der Waals surface area contributed by atoms with Crippen molar-refractivity contribution >= 4 is 5.91 Å². The summed E-state index contributed by atoms with van der Waals surface area (Å²) >= 11 is 0. The van der Waals surface area contributed by atoms with Crippen molar-refractivity contribution in [3.8, 4) is 0 Å². The second kappa shape index (κ2) is 7.49. The Labute approximate surface area is 141 Å². The Hall–Kier alpha value is -2.34. The molecule has 3 heterocycles. The summed E-state index contributed by atoms with van der Waals surface area (Å²) < 4.78 is 5.69. The van der Waals surface area contributed by atoms with Crippen LogP contribution in [0.5, 0.6) is 0 Å². The summed E-state index contributed by atoms with van der Waals surface area (Å²) in [5.74, 6) is 0.184.